The minimum Gasteiger partial charge on any atom is -0.484 e. The average Bonchev–Trinajstić information content (AvgIpc) is 3.34. The molecule has 0 bridgehead atoms. The molecule has 0 saturated carbocycles. The number of aromatic nitrogens is 5. The van der Waals surface area contributed by atoms with Gasteiger partial charge in [0.25, 0.3) is 0 Å². The van der Waals surface area contributed by atoms with Crippen LogP contribution >= 0.6 is 11.3 Å². The van der Waals surface area contributed by atoms with Gasteiger partial charge in [-0.1, -0.05) is 0 Å². The van der Waals surface area contributed by atoms with Crippen LogP contribution in [0.3, 0.4) is 0 Å². The normalized spacial score (nSPS) is 11.9. The number of halogens is 1. The summed E-state index contributed by atoms with van der Waals surface area (Å²) >= 11 is 1.37. The number of amides is 1. The molecule has 1 atom stereocenters. The zero-order chi connectivity index (χ0) is 28.2. The Kier molecular flexibility index (Phi) is 7.94. The van der Waals surface area contributed by atoms with Gasteiger partial charge in [-0.05, 0) is 38.5 Å². The molecule has 0 aliphatic heterocycles. The smallest absolute Gasteiger partial charge is 0.411 e. The number of thiazole rings is 1. The molecule has 5 rings (SSSR count). The van der Waals surface area contributed by atoms with Crippen molar-refractivity contribution in [2.45, 2.75) is 26.9 Å². The van der Waals surface area contributed by atoms with Gasteiger partial charge in [0.2, 0.25) is 5.88 Å². The summed E-state index contributed by atoms with van der Waals surface area (Å²) in [6, 6.07) is 6.72. The molecule has 0 aliphatic carbocycles. The van der Waals surface area contributed by atoms with E-state index < -0.39 is 18.0 Å². The van der Waals surface area contributed by atoms with Crippen LogP contribution in [0.15, 0.2) is 42.9 Å². The predicted octanol–water partition coefficient (Wildman–Crippen LogP) is 4.84. The lowest BCUT2D eigenvalue weighted by Crippen LogP contribution is -2.24. The summed E-state index contributed by atoms with van der Waals surface area (Å²) in [7, 11) is 0. The van der Waals surface area contributed by atoms with Gasteiger partial charge in [0.1, 0.15) is 30.1 Å². The molecular formula is C27H25FN6O5S. The molecule has 0 unspecified atom stereocenters. The fourth-order valence-electron chi connectivity index (χ4n) is 3.82. The molecule has 0 saturated heterocycles. The highest BCUT2D eigenvalue weighted by Crippen LogP contribution is 2.37. The van der Waals surface area contributed by atoms with Crippen LogP contribution in [0.1, 0.15) is 18.3 Å². The number of benzene rings is 2. The molecular weight excluding hydrogens is 539 g/mol. The van der Waals surface area contributed by atoms with Gasteiger partial charge in [-0.25, -0.2) is 34.1 Å². The first-order chi connectivity index (χ1) is 19.3. The molecule has 2 aromatic carbocycles. The van der Waals surface area contributed by atoms with Crippen LogP contribution in [-0.2, 0) is 4.74 Å². The first kappa shape index (κ1) is 27.1. The van der Waals surface area contributed by atoms with Crippen LogP contribution in [0.4, 0.5) is 14.9 Å². The maximum absolute atomic E-state index is 14.9. The number of aliphatic hydroxyl groups is 1. The van der Waals surface area contributed by atoms with Crippen molar-refractivity contribution in [2.24, 2.45) is 0 Å². The van der Waals surface area contributed by atoms with Crippen LogP contribution in [0, 0.1) is 19.7 Å². The second-order valence-electron chi connectivity index (χ2n) is 8.90. The number of ether oxygens (including phenoxy) is 3. The summed E-state index contributed by atoms with van der Waals surface area (Å²) in [5, 5.41) is 12.2. The fraction of sp³-hybridized carbons (Fsp3) is 0.259. The molecule has 13 heteroatoms. The number of rotatable bonds is 9. The van der Waals surface area contributed by atoms with Gasteiger partial charge < -0.3 is 19.3 Å². The van der Waals surface area contributed by atoms with Crippen LogP contribution < -0.4 is 14.8 Å². The maximum atomic E-state index is 14.9. The molecule has 2 N–H and O–H groups in total. The highest BCUT2D eigenvalue weighted by molar-refractivity contribution is 7.21. The van der Waals surface area contributed by atoms with Gasteiger partial charge in [-0.2, -0.15) is 0 Å². The Morgan fingerprint density at radius 3 is 2.65 bits per heavy atom. The summed E-state index contributed by atoms with van der Waals surface area (Å²) in [4.78, 5) is 33.7. The van der Waals surface area contributed by atoms with Crippen LogP contribution in [0.25, 0.3) is 31.8 Å². The van der Waals surface area contributed by atoms with E-state index in [0.29, 0.717) is 43.6 Å². The third-order valence-corrected chi connectivity index (χ3v) is 6.64. The van der Waals surface area contributed by atoms with Crippen molar-refractivity contribution in [2.75, 3.05) is 25.1 Å². The first-order valence-corrected chi connectivity index (χ1v) is 13.1. The summed E-state index contributed by atoms with van der Waals surface area (Å²) in [6.45, 7) is 5.22. The van der Waals surface area contributed by atoms with Crippen LogP contribution in [0.2, 0.25) is 0 Å². The third-order valence-electron chi connectivity index (χ3n) is 5.59. The molecule has 40 heavy (non-hydrogen) atoms. The lowest BCUT2D eigenvalue weighted by molar-refractivity contribution is 0.0969. The molecule has 0 aliphatic rings. The maximum Gasteiger partial charge on any atom is 0.411 e. The zero-order valence-corrected chi connectivity index (χ0v) is 22.7. The lowest BCUT2D eigenvalue weighted by Gasteiger charge is -2.15. The Hall–Kier alpha value is -4.49. The van der Waals surface area contributed by atoms with E-state index >= 15 is 0 Å². The first-order valence-electron chi connectivity index (χ1n) is 12.3. The van der Waals surface area contributed by atoms with E-state index in [2.05, 4.69) is 30.2 Å². The molecule has 1 amide bonds. The van der Waals surface area contributed by atoms with E-state index in [9.17, 15) is 9.18 Å². The van der Waals surface area contributed by atoms with Crippen molar-refractivity contribution >= 4 is 44.4 Å². The van der Waals surface area contributed by atoms with E-state index in [1.165, 1.54) is 36.0 Å². The number of hydrogen-bond acceptors (Lipinski definition) is 11. The van der Waals surface area contributed by atoms with Crippen molar-refractivity contribution in [1.82, 2.24) is 24.9 Å². The zero-order valence-electron chi connectivity index (χ0n) is 21.8. The fourth-order valence-corrected chi connectivity index (χ4v) is 4.81. The quantitative estimate of drug-likeness (QED) is 0.255. The SMILES string of the molecule is Cc1cc(-c2nc3cc(F)c(O[C@@H](C)COC(=O)Nc4cnc(C)nc4)cc3s2)c2ncc(OCCO)nc2c1. The number of anilines is 1. The molecule has 0 radical (unpaired) electrons. The second kappa shape index (κ2) is 11.7. The Balaban J connectivity index is 1.31. The van der Waals surface area contributed by atoms with Crippen molar-refractivity contribution in [3.63, 3.8) is 0 Å². The minimum absolute atomic E-state index is 0.0192. The molecule has 5 aromatic rings. The Labute approximate surface area is 232 Å². The Bertz CT molecular complexity index is 1680. The number of aliphatic hydroxyl groups excluding tert-OH is 1. The van der Waals surface area contributed by atoms with Crippen molar-refractivity contribution in [1.29, 1.82) is 0 Å². The van der Waals surface area contributed by atoms with Crippen molar-refractivity contribution < 1.29 is 28.5 Å². The Morgan fingerprint density at radius 1 is 1.07 bits per heavy atom. The van der Waals surface area contributed by atoms with Crippen molar-refractivity contribution in [3.05, 3.63) is 60.1 Å². The van der Waals surface area contributed by atoms with Gasteiger partial charge in [0.05, 0.1) is 52.1 Å². The number of aryl methyl sites for hydroxylation is 2. The average molecular weight is 565 g/mol. The van der Waals surface area contributed by atoms with E-state index in [1.54, 1.807) is 19.9 Å². The molecule has 11 nitrogen and oxygen atoms in total. The largest absolute Gasteiger partial charge is 0.484 e. The van der Waals surface area contributed by atoms with E-state index in [1.807, 2.05) is 19.1 Å². The van der Waals surface area contributed by atoms with Crippen LogP contribution in [-0.4, -0.2) is 62.0 Å². The monoisotopic (exact) mass is 564 g/mol. The van der Waals surface area contributed by atoms with Crippen LogP contribution in [0.5, 0.6) is 11.6 Å². The number of nitrogens with zero attached hydrogens (tertiary/aromatic N) is 5. The lowest BCUT2D eigenvalue weighted by atomic mass is 10.1. The van der Waals surface area contributed by atoms with E-state index in [0.717, 1.165) is 11.1 Å². The summed E-state index contributed by atoms with van der Waals surface area (Å²) in [5.74, 6) is 0.321. The molecule has 3 heterocycles. The highest BCUT2D eigenvalue weighted by Gasteiger charge is 2.18. The number of fused-ring (bicyclic) bond motifs is 2. The van der Waals surface area contributed by atoms with Gasteiger partial charge in [-0.3, -0.25) is 5.32 Å². The number of carbonyl (C=O) groups is 1. The topological polar surface area (TPSA) is 141 Å². The van der Waals surface area contributed by atoms with E-state index in [-0.39, 0.29) is 25.6 Å². The molecule has 3 aromatic heterocycles. The van der Waals surface area contributed by atoms with Gasteiger partial charge in [0, 0.05) is 17.7 Å². The number of hydrogen-bond donors (Lipinski definition) is 2. The molecule has 206 valence electrons. The summed E-state index contributed by atoms with van der Waals surface area (Å²) in [5.41, 5.74) is 3.81. The summed E-state index contributed by atoms with van der Waals surface area (Å²) in [6.07, 6.45) is 3.10. The summed E-state index contributed by atoms with van der Waals surface area (Å²) < 4.78 is 31.9. The molecule has 0 spiro atoms. The number of nitrogens with one attached hydrogen (secondary N) is 1. The van der Waals surface area contributed by atoms with Gasteiger partial charge >= 0.3 is 6.09 Å². The van der Waals surface area contributed by atoms with Gasteiger partial charge in [0.15, 0.2) is 11.6 Å². The second-order valence-corrected chi connectivity index (χ2v) is 9.93. The Morgan fingerprint density at radius 2 is 1.88 bits per heavy atom. The highest BCUT2D eigenvalue weighted by atomic mass is 32.1. The standard InChI is InChI=1S/C27H25FN6O5S/c1-14-6-18(25-21(7-14)33-24(12-31-25)37-5-4-35)26-34-20-8-19(28)22(9-23(20)40-26)39-15(2)13-38-27(36)32-17-10-29-16(3)30-11-17/h6-12,15,35H,4-5,13H2,1-3H3,(H,32,36)/t15-/m0/s1. The molecule has 0 fully saturated rings. The minimum atomic E-state index is -0.702. The van der Waals surface area contributed by atoms with E-state index in [4.69, 9.17) is 19.3 Å². The third kappa shape index (κ3) is 6.21. The number of carbonyl (C=O) groups excluding carboxylic acids is 1. The van der Waals surface area contributed by atoms with Gasteiger partial charge in [-0.15, -0.1) is 11.3 Å². The predicted molar refractivity (Wildman–Crippen MR) is 147 cm³/mol. The van der Waals surface area contributed by atoms with Crippen molar-refractivity contribution in [3.8, 4) is 22.2 Å².